The van der Waals surface area contributed by atoms with E-state index < -0.39 is 33.4 Å². The van der Waals surface area contributed by atoms with Crippen LogP contribution in [0.25, 0.3) is 0 Å². The van der Waals surface area contributed by atoms with Crippen LogP contribution in [0.4, 0.5) is 11.4 Å². The Morgan fingerprint density at radius 2 is 1.78 bits per heavy atom. The zero-order valence-corrected chi connectivity index (χ0v) is 22.3. The number of nitrogens with zero attached hydrogens (tertiary/aromatic N) is 3. The van der Waals surface area contributed by atoms with Gasteiger partial charge in [0.2, 0.25) is 21.8 Å². The van der Waals surface area contributed by atoms with E-state index in [-0.39, 0.29) is 29.9 Å². The van der Waals surface area contributed by atoms with Gasteiger partial charge in [0.05, 0.1) is 16.9 Å². The van der Waals surface area contributed by atoms with E-state index in [0.717, 1.165) is 27.8 Å². The normalized spacial score (nSPS) is 12.2. The summed E-state index contributed by atoms with van der Waals surface area (Å²) in [6.45, 7) is 8.40. The summed E-state index contributed by atoms with van der Waals surface area (Å²) in [5, 5.41) is 14.1. The number of rotatable bonds is 11. The first-order valence-electron chi connectivity index (χ1n) is 11.6. The molecule has 10 nitrogen and oxygen atoms in total. The number of hydrogen-bond acceptors (Lipinski definition) is 6. The van der Waals surface area contributed by atoms with Gasteiger partial charge in [-0.05, 0) is 45.2 Å². The maximum absolute atomic E-state index is 13.7. The number of aryl methyl sites for hydroxylation is 2. The highest BCUT2D eigenvalue weighted by Gasteiger charge is 2.32. The maximum Gasteiger partial charge on any atom is 0.271 e. The molecule has 0 aromatic heterocycles. The van der Waals surface area contributed by atoms with Crippen molar-refractivity contribution < 1.29 is 22.9 Å². The van der Waals surface area contributed by atoms with Crippen LogP contribution in [0.2, 0.25) is 0 Å². The molecule has 0 fully saturated rings. The van der Waals surface area contributed by atoms with Crippen LogP contribution in [-0.2, 0) is 26.2 Å². The van der Waals surface area contributed by atoms with E-state index in [1.807, 2.05) is 45.0 Å². The first kappa shape index (κ1) is 28.8. The van der Waals surface area contributed by atoms with E-state index in [4.69, 9.17) is 0 Å². The van der Waals surface area contributed by atoms with Crippen LogP contribution in [-0.4, -0.2) is 54.9 Å². The van der Waals surface area contributed by atoms with Gasteiger partial charge in [-0.15, -0.1) is 0 Å². The Balaban J connectivity index is 2.53. The number of amides is 2. The lowest BCUT2D eigenvalue weighted by Gasteiger charge is -2.33. The lowest BCUT2D eigenvalue weighted by atomic mass is 10.1. The highest BCUT2D eigenvalue weighted by molar-refractivity contribution is 7.92. The predicted molar refractivity (Wildman–Crippen MR) is 139 cm³/mol. The molecule has 0 radical (unpaired) electrons. The van der Waals surface area contributed by atoms with Crippen LogP contribution >= 0.6 is 0 Å². The molecule has 0 spiro atoms. The average molecular weight is 519 g/mol. The van der Waals surface area contributed by atoms with E-state index in [2.05, 4.69) is 5.32 Å². The van der Waals surface area contributed by atoms with Gasteiger partial charge in [0.15, 0.2) is 0 Å². The summed E-state index contributed by atoms with van der Waals surface area (Å²) in [6, 6.07) is 10.3. The number of nitro groups is 1. The number of nitrogens with one attached hydrogen (secondary N) is 1. The summed E-state index contributed by atoms with van der Waals surface area (Å²) in [5.41, 5.74) is 1.96. The molecule has 0 aliphatic carbocycles. The zero-order chi connectivity index (χ0) is 27.2. The summed E-state index contributed by atoms with van der Waals surface area (Å²) in [6.07, 6.45) is 1.25. The Morgan fingerprint density at radius 1 is 1.11 bits per heavy atom. The largest absolute Gasteiger partial charge is 0.352 e. The first-order chi connectivity index (χ1) is 16.7. The summed E-state index contributed by atoms with van der Waals surface area (Å²) in [7, 11) is -4.00. The lowest BCUT2D eigenvalue weighted by molar-refractivity contribution is -0.384. The molecule has 0 saturated heterocycles. The number of carbonyl (C=O) groups excluding carboxylic acids is 2. The fourth-order valence-electron chi connectivity index (χ4n) is 3.88. The second kappa shape index (κ2) is 12.0. The molecule has 1 atom stereocenters. The van der Waals surface area contributed by atoms with Crippen molar-refractivity contribution in [2.45, 2.75) is 59.7 Å². The summed E-state index contributed by atoms with van der Waals surface area (Å²) in [5.74, 6) is -0.940. The monoisotopic (exact) mass is 518 g/mol. The third kappa shape index (κ3) is 7.51. The lowest BCUT2D eigenvalue weighted by Crippen LogP contribution is -2.53. The molecular weight excluding hydrogens is 484 g/mol. The maximum atomic E-state index is 13.7. The number of anilines is 1. The fourth-order valence-corrected chi connectivity index (χ4v) is 4.78. The Labute approximate surface area is 212 Å². The highest BCUT2D eigenvalue weighted by atomic mass is 32.2. The second-order valence-electron chi connectivity index (χ2n) is 9.10. The molecule has 2 aromatic carbocycles. The summed E-state index contributed by atoms with van der Waals surface area (Å²) < 4.78 is 26.4. The number of benzene rings is 2. The van der Waals surface area contributed by atoms with E-state index in [0.29, 0.717) is 12.0 Å². The molecule has 0 unspecified atom stereocenters. The summed E-state index contributed by atoms with van der Waals surface area (Å²) >= 11 is 0. The topological polar surface area (TPSA) is 130 Å². The van der Waals surface area contributed by atoms with E-state index in [1.54, 1.807) is 13.8 Å². The zero-order valence-electron chi connectivity index (χ0n) is 21.5. The number of non-ortho nitro benzene ring substituents is 1. The van der Waals surface area contributed by atoms with Gasteiger partial charge in [-0.2, -0.15) is 0 Å². The highest BCUT2D eigenvalue weighted by Crippen LogP contribution is 2.28. The molecule has 1 N–H and O–H groups in total. The Morgan fingerprint density at radius 3 is 2.31 bits per heavy atom. The van der Waals surface area contributed by atoms with Crippen molar-refractivity contribution in [1.29, 1.82) is 0 Å². The molecule has 0 bridgehead atoms. The van der Waals surface area contributed by atoms with Crippen LogP contribution in [0.15, 0.2) is 42.5 Å². The van der Waals surface area contributed by atoms with Gasteiger partial charge in [-0.1, -0.05) is 42.8 Å². The van der Waals surface area contributed by atoms with Crippen molar-refractivity contribution in [3.05, 3.63) is 69.3 Å². The van der Waals surface area contributed by atoms with E-state index >= 15 is 0 Å². The van der Waals surface area contributed by atoms with Crippen LogP contribution < -0.4 is 9.62 Å². The fraction of sp³-hybridized carbons (Fsp3) is 0.440. The number of nitro benzene ring substituents is 1. The van der Waals surface area contributed by atoms with Crippen LogP contribution in [0.1, 0.15) is 43.9 Å². The quantitative estimate of drug-likeness (QED) is 0.359. The SMILES string of the molecule is CC[C@H](C(=O)NC(C)C)N(Cc1cccc(C)c1)C(=O)CN(c1cc([N+](=O)[O-])ccc1C)S(C)(=O)=O. The molecule has 0 aliphatic heterocycles. The average Bonchev–Trinajstić information content (AvgIpc) is 2.76. The van der Waals surface area contributed by atoms with Crippen molar-refractivity contribution in [2.24, 2.45) is 0 Å². The van der Waals surface area contributed by atoms with Crippen molar-refractivity contribution in [2.75, 3.05) is 17.1 Å². The third-order valence-corrected chi connectivity index (χ3v) is 6.73. The van der Waals surface area contributed by atoms with Gasteiger partial charge in [-0.25, -0.2) is 8.42 Å². The number of sulfonamides is 1. The molecule has 0 aliphatic rings. The number of hydrogen-bond donors (Lipinski definition) is 1. The van der Waals surface area contributed by atoms with Gasteiger partial charge in [0.25, 0.3) is 5.69 Å². The van der Waals surface area contributed by atoms with Gasteiger partial charge < -0.3 is 10.2 Å². The van der Waals surface area contributed by atoms with Gasteiger partial charge in [-0.3, -0.25) is 24.0 Å². The minimum absolute atomic E-state index is 0.0373. The molecule has 2 rings (SSSR count). The standard InChI is InChI=1S/C25H34N4O6S/c1-7-22(25(31)26-17(2)3)27(15-20-10-8-9-18(4)13-20)24(30)16-28(36(6,34)35)23-14-21(29(32)33)12-11-19(23)5/h8-14,17,22H,7,15-16H2,1-6H3,(H,26,31)/t22-/m1/s1. The van der Waals surface area contributed by atoms with Crippen LogP contribution in [0.3, 0.4) is 0 Å². The molecule has 2 aromatic rings. The molecule has 0 saturated carbocycles. The molecule has 196 valence electrons. The Bertz CT molecular complexity index is 1230. The minimum Gasteiger partial charge on any atom is -0.352 e. The second-order valence-corrected chi connectivity index (χ2v) is 11.0. The van der Waals surface area contributed by atoms with Crippen molar-refractivity contribution in [3.8, 4) is 0 Å². The van der Waals surface area contributed by atoms with E-state index in [9.17, 15) is 28.1 Å². The first-order valence-corrected chi connectivity index (χ1v) is 13.5. The molecule has 2 amide bonds. The van der Waals surface area contributed by atoms with Gasteiger partial charge in [0, 0.05) is 24.7 Å². The molecule has 36 heavy (non-hydrogen) atoms. The molecule has 11 heteroatoms. The smallest absolute Gasteiger partial charge is 0.271 e. The molecule has 0 heterocycles. The third-order valence-electron chi connectivity index (χ3n) is 5.60. The van der Waals surface area contributed by atoms with Crippen LogP contribution in [0, 0.1) is 24.0 Å². The Hall–Kier alpha value is -3.47. The van der Waals surface area contributed by atoms with Gasteiger partial charge in [0.1, 0.15) is 12.6 Å². The Kier molecular flexibility index (Phi) is 9.57. The van der Waals surface area contributed by atoms with Crippen LogP contribution in [0.5, 0.6) is 0 Å². The van der Waals surface area contributed by atoms with Crippen molar-refractivity contribution in [3.63, 3.8) is 0 Å². The van der Waals surface area contributed by atoms with E-state index in [1.165, 1.54) is 17.0 Å². The van der Waals surface area contributed by atoms with Crippen molar-refractivity contribution >= 4 is 33.2 Å². The van der Waals surface area contributed by atoms with Crippen molar-refractivity contribution in [1.82, 2.24) is 10.2 Å². The number of carbonyl (C=O) groups is 2. The van der Waals surface area contributed by atoms with Gasteiger partial charge >= 0.3 is 0 Å². The predicted octanol–water partition coefficient (Wildman–Crippen LogP) is 3.31. The minimum atomic E-state index is -4.00. The molecular formula is C25H34N4O6S. The summed E-state index contributed by atoms with van der Waals surface area (Å²) in [4.78, 5) is 38.7.